The predicted octanol–water partition coefficient (Wildman–Crippen LogP) is 5.94. The second-order valence-corrected chi connectivity index (χ2v) is 14.1. The molecule has 0 saturated carbocycles. The molecule has 1 aliphatic carbocycles. The first-order valence-corrected chi connectivity index (χ1v) is 17.8. The Labute approximate surface area is 312 Å². The molecule has 0 bridgehead atoms. The van der Waals surface area contributed by atoms with Crippen LogP contribution in [0.4, 0.5) is 0 Å². The van der Waals surface area contributed by atoms with E-state index in [-0.39, 0.29) is 25.4 Å². The van der Waals surface area contributed by atoms with E-state index in [0.29, 0.717) is 70.1 Å². The predicted molar refractivity (Wildman–Crippen MR) is 196 cm³/mol. The van der Waals surface area contributed by atoms with E-state index in [4.69, 9.17) is 37.4 Å². The molecule has 13 heteroatoms. The number of benzene rings is 3. The third kappa shape index (κ3) is 8.45. The minimum absolute atomic E-state index is 0.0247. The SMILES string of the molecule is C[C@](CO)(NCc1cc(Cl)c(O[C@H]2CCc3c(-c4cccc(OCCCN5CC(O)C5)c4Cl)cccc32)cc1OCc1cncc(C#N)c1)C(=O)O. The molecule has 0 amide bonds. The number of nitrogens with zero attached hydrogens (tertiary/aromatic N) is 3. The van der Waals surface area contributed by atoms with Crippen molar-refractivity contribution in [2.24, 2.45) is 0 Å². The number of ether oxygens (including phenoxy) is 3. The van der Waals surface area contributed by atoms with E-state index in [1.165, 1.54) is 13.1 Å². The first kappa shape index (κ1) is 37.4. The standard InChI is InChI=1S/C39H40Cl2N4O7/c1-39(23-46,38(48)49)44-19-26-14-32(40)36(15-35(26)51-22-25-13-24(16-42)17-43-18-25)52-33-10-9-29-28(5-2-6-30(29)33)31-7-3-8-34(37(31)41)50-12-4-11-45-20-27(47)21-45/h2-3,5-8,13-15,17-18,27,33,44,46-47H,4,9-12,19-23H2,1H3,(H,48,49)/t33-,39+/m0/s1. The van der Waals surface area contributed by atoms with Crippen LogP contribution in [-0.4, -0.2) is 75.7 Å². The summed E-state index contributed by atoms with van der Waals surface area (Å²) in [6.45, 7) is 3.66. The Balaban J connectivity index is 1.21. The molecule has 1 fully saturated rings. The summed E-state index contributed by atoms with van der Waals surface area (Å²) in [5.74, 6) is 0.190. The lowest BCUT2D eigenvalue weighted by Gasteiger charge is -2.35. The van der Waals surface area contributed by atoms with Gasteiger partial charge in [0.1, 0.15) is 41.6 Å². The second-order valence-electron chi connectivity index (χ2n) is 13.3. The van der Waals surface area contributed by atoms with Crippen molar-refractivity contribution in [1.29, 1.82) is 5.26 Å². The zero-order valence-electron chi connectivity index (χ0n) is 28.6. The Hall–Kier alpha value is -4.41. The summed E-state index contributed by atoms with van der Waals surface area (Å²) in [7, 11) is 0. The van der Waals surface area contributed by atoms with Crippen molar-refractivity contribution in [3.8, 4) is 34.4 Å². The van der Waals surface area contributed by atoms with E-state index < -0.39 is 18.1 Å². The Morgan fingerprint density at radius 1 is 1.08 bits per heavy atom. The summed E-state index contributed by atoms with van der Waals surface area (Å²) in [4.78, 5) is 18.1. The molecule has 11 nitrogen and oxygen atoms in total. The van der Waals surface area contributed by atoms with E-state index in [0.717, 1.165) is 41.6 Å². The number of aliphatic hydroxyl groups excluding tert-OH is 2. The van der Waals surface area contributed by atoms with Gasteiger partial charge in [-0.3, -0.25) is 20.0 Å². The number of hydrogen-bond acceptors (Lipinski definition) is 10. The third-order valence-electron chi connectivity index (χ3n) is 9.44. The number of β-amino-alcohol motifs (C(OH)–C–C–N with tert-alkyl or cyclic N) is 1. The molecule has 52 heavy (non-hydrogen) atoms. The highest BCUT2D eigenvalue weighted by atomic mass is 35.5. The smallest absolute Gasteiger partial charge is 0.326 e. The van der Waals surface area contributed by atoms with Gasteiger partial charge in [0.25, 0.3) is 0 Å². The van der Waals surface area contributed by atoms with Gasteiger partial charge in [0.2, 0.25) is 0 Å². The molecule has 4 aromatic rings. The van der Waals surface area contributed by atoms with Crippen molar-refractivity contribution >= 4 is 29.2 Å². The molecule has 6 rings (SSSR count). The van der Waals surface area contributed by atoms with Gasteiger partial charge < -0.3 is 29.5 Å². The van der Waals surface area contributed by atoms with Crippen LogP contribution in [0.25, 0.3) is 11.1 Å². The van der Waals surface area contributed by atoms with Crippen LogP contribution in [0, 0.1) is 11.3 Å². The first-order chi connectivity index (χ1) is 25.1. The molecule has 272 valence electrons. The quantitative estimate of drug-likeness (QED) is 0.101. The number of halogens is 2. The van der Waals surface area contributed by atoms with Crippen LogP contribution in [0.15, 0.2) is 67.0 Å². The van der Waals surface area contributed by atoms with Crippen LogP contribution in [-0.2, 0) is 24.4 Å². The average Bonchev–Trinajstić information content (AvgIpc) is 3.55. The number of rotatable bonds is 16. The molecule has 2 atom stereocenters. The molecule has 1 saturated heterocycles. The van der Waals surface area contributed by atoms with Gasteiger partial charge in [-0.2, -0.15) is 5.26 Å². The maximum Gasteiger partial charge on any atom is 0.326 e. The highest BCUT2D eigenvalue weighted by Gasteiger charge is 2.33. The number of aromatic nitrogens is 1. The number of pyridine rings is 1. The molecule has 3 aromatic carbocycles. The van der Waals surface area contributed by atoms with E-state index in [1.54, 1.807) is 24.4 Å². The van der Waals surface area contributed by atoms with Gasteiger partial charge in [-0.05, 0) is 61.1 Å². The lowest BCUT2D eigenvalue weighted by atomic mass is 9.96. The van der Waals surface area contributed by atoms with Gasteiger partial charge in [-0.1, -0.05) is 53.5 Å². The van der Waals surface area contributed by atoms with Gasteiger partial charge in [-0.15, -0.1) is 0 Å². The summed E-state index contributed by atoms with van der Waals surface area (Å²) < 4.78 is 18.8. The minimum Gasteiger partial charge on any atom is -0.492 e. The van der Waals surface area contributed by atoms with Gasteiger partial charge in [-0.25, -0.2) is 0 Å². The summed E-state index contributed by atoms with van der Waals surface area (Å²) in [5.41, 5.74) is 4.03. The number of fused-ring (bicyclic) bond motifs is 1. The largest absolute Gasteiger partial charge is 0.492 e. The number of likely N-dealkylation sites (tertiary alicyclic amines) is 1. The van der Waals surface area contributed by atoms with Gasteiger partial charge in [0.05, 0.1) is 34.9 Å². The van der Waals surface area contributed by atoms with Crippen molar-refractivity contribution in [2.45, 2.75) is 57.1 Å². The Morgan fingerprint density at radius 2 is 1.87 bits per heavy atom. The summed E-state index contributed by atoms with van der Waals surface area (Å²) >= 11 is 13.7. The maximum absolute atomic E-state index is 11.8. The fraction of sp³-hybridized carbons (Fsp3) is 0.359. The summed E-state index contributed by atoms with van der Waals surface area (Å²) in [6, 6.07) is 19.0. The van der Waals surface area contributed by atoms with E-state index in [2.05, 4.69) is 27.3 Å². The van der Waals surface area contributed by atoms with Crippen molar-refractivity contribution in [3.05, 3.63) is 105 Å². The van der Waals surface area contributed by atoms with Crippen molar-refractivity contribution in [1.82, 2.24) is 15.2 Å². The van der Waals surface area contributed by atoms with E-state index >= 15 is 0 Å². The Bertz CT molecular complexity index is 1970. The lowest BCUT2D eigenvalue weighted by Crippen LogP contribution is -2.52. The zero-order chi connectivity index (χ0) is 36.8. The van der Waals surface area contributed by atoms with E-state index in [9.17, 15) is 25.4 Å². The monoisotopic (exact) mass is 746 g/mol. The molecule has 1 aromatic heterocycles. The Morgan fingerprint density at radius 3 is 2.62 bits per heavy atom. The lowest BCUT2D eigenvalue weighted by molar-refractivity contribution is -0.145. The molecule has 4 N–H and O–H groups in total. The molecule has 2 aliphatic rings. The van der Waals surface area contributed by atoms with E-state index in [1.807, 2.05) is 30.3 Å². The molecule has 1 aliphatic heterocycles. The van der Waals surface area contributed by atoms with Crippen LogP contribution in [0.2, 0.25) is 10.0 Å². The fourth-order valence-corrected chi connectivity index (χ4v) is 6.90. The normalized spacial score (nSPS) is 16.7. The molecule has 0 radical (unpaired) electrons. The highest BCUT2D eigenvalue weighted by Crippen LogP contribution is 2.45. The highest BCUT2D eigenvalue weighted by molar-refractivity contribution is 6.35. The topological polar surface area (TPSA) is 157 Å². The van der Waals surface area contributed by atoms with Crippen LogP contribution in [0.3, 0.4) is 0 Å². The van der Waals surface area contributed by atoms with Crippen molar-refractivity contribution < 1.29 is 34.3 Å². The van der Waals surface area contributed by atoms with Crippen LogP contribution >= 0.6 is 23.2 Å². The number of aliphatic carboxylic acids is 1. The van der Waals surface area contributed by atoms with Crippen molar-refractivity contribution in [3.63, 3.8) is 0 Å². The van der Waals surface area contributed by atoms with Crippen molar-refractivity contribution in [2.75, 3.05) is 32.8 Å². The number of hydrogen-bond donors (Lipinski definition) is 4. The maximum atomic E-state index is 11.8. The van der Waals surface area contributed by atoms with Crippen LogP contribution in [0.1, 0.15) is 53.7 Å². The van der Waals surface area contributed by atoms with Gasteiger partial charge in [0.15, 0.2) is 0 Å². The van der Waals surface area contributed by atoms with Crippen LogP contribution in [0.5, 0.6) is 17.2 Å². The van der Waals surface area contributed by atoms with Crippen LogP contribution < -0.4 is 19.5 Å². The number of carboxylic acid groups (broad SMARTS) is 1. The summed E-state index contributed by atoms with van der Waals surface area (Å²) in [5, 5.41) is 42.0. The summed E-state index contributed by atoms with van der Waals surface area (Å²) in [6.07, 6.45) is 4.80. The zero-order valence-corrected chi connectivity index (χ0v) is 30.2. The van der Waals surface area contributed by atoms with Gasteiger partial charge >= 0.3 is 5.97 Å². The fourth-order valence-electron chi connectivity index (χ4n) is 6.39. The minimum atomic E-state index is -1.59. The second kappa shape index (κ2) is 16.5. The molecule has 2 heterocycles. The first-order valence-electron chi connectivity index (χ1n) is 17.1. The third-order valence-corrected chi connectivity index (χ3v) is 10.1. The number of nitrogens with one attached hydrogen (secondary N) is 1. The van der Waals surface area contributed by atoms with Gasteiger partial charge in [0, 0.05) is 61.3 Å². The molecular formula is C39H40Cl2N4O7. The Kier molecular flexibility index (Phi) is 11.9. The average molecular weight is 748 g/mol. The molecule has 0 spiro atoms. The number of carboxylic acids is 1. The molecular weight excluding hydrogens is 707 g/mol. The molecule has 0 unspecified atom stereocenters. The number of nitriles is 1. The number of aliphatic hydroxyl groups is 2. The number of carbonyl (C=O) groups is 1.